The SMILES string of the molecule is CC(C)C[C@@H](C)/C=C\C=O. The average molecular weight is 140 g/mol. The number of aldehydes is 1. The van der Waals surface area contributed by atoms with Gasteiger partial charge in [-0.2, -0.15) is 0 Å². The van der Waals surface area contributed by atoms with Crippen LogP contribution in [-0.2, 0) is 4.79 Å². The highest BCUT2D eigenvalue weighted by Gasteiger charge is 1.99. The molecule has 0 aliphatic rings. The molecule has 0 aliphatic carbocycles. The second kappa shape index (κ2) is 5.21. The number of allylic oxidation sites excluding steroid dienone is 2. The zero-order chi connectivity index (χ0) is 7.98. The molecule has 0 aromatic carbocycles. The van der Waals surface area contributed by atoms with Crippen molar-refractivity contribution in [2.45, 2.75) is 27.2 Å². The van der Waals surface area contributed by atoms with Crippen LogP contribution in [-0.4, -0.2) is 6.29 Å². The Morgan fingerprint density at radius 2 is 1.90 bits per heavy atom. The molecular formula is C9H16O. The summed E-state index contributed by atoms with van der Waals surface area (Å²) in [7, 11) is 0. The van der Waals surface area contributed by atoms with Crippen LogP contribution in [0.2, 0.25) is 0 Å². The van der Waals surface area contributed by atoms with Gasteiger partial charge in [0, 0.05) is 0 Å². The van der Waals surface area contributed by atoms with Gasteiger partial charge in [-0.25, -0.2) is 0 Å². The van der Waals surface area contributed by atoms with Crippen LogP contribution in [0.3, 0.4) is 0 Å². The number of hydrogen-bond acceptors (Lipinski definition) is 1. The topological polar surface area (TPSA) is 17.1 Å². The maximum Gasteiger partial charge on any atom is 0.142 e. The Bertz CT molecular complexity index is 114. The molecular weight excluding hydrogens is 124 g/mol. The minimum absolute atomic E-state index is 0.533. The minimum Gasteiger partial charge on any atom is -0.299 e. The predicted octanol–water partition coefficient (Wildman–Crippen LogP) is 2.42. The fraction of sp³-hybridized carbons (Fsp3) is 0.667. The molecule has 0 amide bonds. The first-order valence-electron chi connectivity index (χ1n) is 3.78. The molecule has 0 N–H and O–H groups in total. The fourth-order valence-electron chi connectivity index (χ4n) is 1.06. The number of carbonyl (C=O) groups excluding carboxylic acids is 1. The summed E-state index contributed by atoms with van der Waals surface area (Å²) < 4.78 is 0. The van der Waals surface area contributed by atoms with Gasteiger partial charge in [-0.3, -0.25) is 4.79 Å². The third-order valence-electron chi connectivity index (χ3n) is 1.36. The van der Waals surface area contributed by atoms with E-state index in [9.17, 15) is 4.79 Å². The largest absolute Gasteiger partial charge is 0.299 e. The number of carbonyl (C=O) groups is 1. The van der Waals surface area contributed by atoms with Crippen LogP contribution in [0.4, 0.5) is 0 Å². The smallest absolute Gasteiger partial charge is 0.142 e. The first kappa shape index (κ1) is 9.41. The first-order valence-corrected chi connectivity index (χ1v) is 3.78. The molecule has 1 heteroatoms. The second-order valence-corrected chi connectivity index (χ2v) is 3.13. The maximum atomic E-state index is 9.91. The van der Waals surface area contributed by atoms with E-state index in [1.165, 1.54) is 0 Å². The van der Waals surface area contributed by atoms with Gasteiger partial charge in [0.2, 0.25) is 0 Å². The van der Waals surface area contributed by atoms with Gasteiger partial charge in [-0.1, -0.05) is 26.8 Å². The summed E-state index contributed by atoms with van der Waals surface area (Å²) >= 11 is 0. The van der Waals surface area contributed by atoms with Crippen LogP contribution >= 0.6 is 0 Å². The van der Waals surface area contributed by atoms with Crippen LogP contribution in [0.1, 0.15) is 27.2 Å². The summed E-state index contributed by atoms with van der Waals surface area (Å²) in [6.07, 6.45) is 5.52. The zero-order valence-electron chi connectivity index (χ0n) is 7.00. The predicted molar refractivity (Wildman–Crippen MR) is 43.8 cm³/mol. The van der Waals surface area contributed by atoms with E-state index in [0.29, 0.717) is 11.8 Å². The molecule has 10 heavy (non-hydrogen) atoms. The Morgan fingerprint density at radius 1 is 1.30 bits per heavy atom. The van der Waals surface area contributed by atoms with Crippen LogP contribution in [0.15, 0.2) is 12.2 Å². The lowest BCUT2D eigenvalue weighted by Gasteiger charge is -2.07. The van der Waals surface area contributed by atoms with Gasteiger partial charge in [0.25, 0.3) is 0 Å². The van der Waals surface area contributed by atoms with Gasteiger partial charge in [-0.15, -0.1) is 0 Å². The molecule has 1 atom stereocenters. The van der Waals surface area contributed by atoms with E-state index in [4.69, 9.17) is 0 Å². The van der Waals surface area contributed by atoms with E-state index in [2.05, 4.69) is 20.8 Å². The molecule has 58 valence electrons. The van der Waals surface area contributed by atoms with Gasteiger partial charge in [0.1, 0.15) is 6.29 Å². The molecule has 0 bridgehead atoms. The monoisotopic (exact) mass is 140 g/mol. The quantitative estimate of drug-likeness (QED) is 0.433. The Labute approximate surface area is 63.1 Å². The first-order chi connectivity index (χ1) is 4.66. The van der Waals surface area contributed by atoms with Gasteiger partial charge in [-0.05, 0) is 24.3 Å². The van der Waals surface area contributed by atoms with Crippen molar-refractivity contribution in [2.24, 2.45) is 11.8 Å². The van der Waals surface area contributed by atoms with Crippen molar-refractivity contribution in [1.29, 1.82) is 0 Å². The molecule has 0 aliphatic heterocycles. The van der Waals surface area contributed by atoms with E-state index in [1.54, 1.807) is 6.08 Å². The van der Waals surface area contributed by atoms with Crippen LogP contribution < -0.4 is 0 Å². The van der Waals surface area contributed by atoms with Crippen LogP contribution in [0, 0.1) is 11.8 Å². The zero-order valence-corrected chi connectivity index (χ0v) is 7.00. The number of rotatable bonds is 4. The highest BCUT2D eigenvalue weighted by atomic mass is 16.1. The highest BCUT2D eigenvalue weighted by Crippen LogP contribution is 2.11. The molecule has 0 aromatic rings. The molecule has 0 aromatic heterocycles. The second-order valence-electron chi connectivity index (χ2n) is 3.13. The van der Waals surface area contributed by atoms with E-state index in [1.807, 2.05) is 6.08 Å². The highest BCUT2D eigenvalue weighted by molar-refractivity contribution is 5.64. The molecule has 0 saturated heterocycles. The minimum atomic E-state index is 0.533. The molecule has 0 heterocycles. The van der Waals surface area contributed by atoms with Gasteiger partial charge in [0.15, 0.2) is 0 Å². The van der Waals surface area contributed by atoms with E-state index in [-0.39, 0.29) is 0 Å². The fourth-order valence-corrected chi connectivity index (χ4v) is 1.06. The van der Waals surface area contributed by atoms with Crippen LogP contribution in [0.25, 0.3) is 0 Å². The Morgan fingerprint density at radius 3 is 2.30 bits per heavy atom. The van der Waals surface area contributed by atoms with Crippen molar-refractivity contribution in [3.8, 4) is 0 Å². The summed E-state index contributed by atoms with van der Waals surface area (Å²) in [5.41, 5.74) is 0. The normalized spacial score (nSPS) is 14.4. The van der Waals surface area contributed by atoms with Crippen molar-refractivity contribution in [1.82, 2.24) is 0 Å². The average Bonchev–Trinajstić information content (AvgIpc) is 1.82. The Hall–Kier alpha value is -0.590. The molecule has 0 unspecified atom stereocenters. The molecule has 0 fully saturated rings. The van der Waals surface area contributed by atoms with Crippen LogP contribution in [0.5, 0.6) is 0 Å². The number of hydrogen-bond donors (Lipinski definition) is 0. The molecule has 0 spiro atoms. The third kappa shape index (κ3) is 5.54. The van der Waals surface area contributed by atoms with Crippen molar-refractivity contribution in [2.75, 3.05) is 0 Å². The van der Waals surface area contributed by atoms with Crippen molar-refractivity contribution >= 4 is 6.29 Å². The van der Waals surface area contributed by atoms with Gasteiger partial charge in [0.05, 0.1) is 0 Å². The molecule has 0 radical (unpaired) electrons. The summed E-state index contributed by atoms with van der Waals surface area (Å²) in [5, 5.41) is 0. The lowest BCUT2D eigenvalue weighted by atomic mass is 9.99. The summed E-state index contributed by atoms with van der Waals surface area (Å²) in [4.78, 5) is 9.91. The van der Waals surface area contributed by atoms with Crippen molar-refractivity contribution < 1.29 is 4.79 Å². The Kier molecular flexibility index (Phi) is 4.91. The van der Waals surface area contributed by atoms with Gasteiger partial charge >= 0.3 is 0 Å². The lowest BCUT2D eigenvalue weighted by Crippen LogP contribution is -1.95. The maximum absolute atomic E-state index is 9.91. The molecule has 0 saturated carbocycles. The van der Waals surface area contributed by atoms with Crippen molar-refractivity contribution in [3.05, 3.63) is 12.2 Å². The Balaban J connectivity index is 3.52. The summed E-state index contributed by atoms with van der Waals surface area (Å²) in [6, 6.07) is 0. The van der Waals surface area contributed by atoms with E-state index >= 15 is 0 Å². The van der Waals surface area contributed by atoms with Gasteiger partial charge < -0.3 is 0 Å². The van der Waals surface area contributed by atoms with E-state index in [0.717, 1.165) is 12.7 Å². The standard InChI is InChI=1S/C9H16O/c1-8(2)7-9(3)5-4-6-10/h4-6,8-9H,7H2,1-3H3/b5-4-/t9-/m0/s1. The third-order valence-corrected chi connectivity index (χ3v) is 1.36. The molecule has 0 rings (SSSR count). The van der Waals surface area contributed by atoms with Crippen molar-refractivity contribution in [3.63, 3.8) is 0 Å². The lowest BCUT2D eigenvalue weighted by molar-refractivity contribution is -0.104. The van der Waals surface area contributed by atoms with E-state index < -0.39 is 0 Å². The summed E-state index contributed by atoms with van der Waals surface area (Å²) in [5.74, 6) is 1.25. The molecule has 1 nitrogen and oxygen atoms in total. The summed E-state index contributed by atoms with van der Waals surface area (Å²) in [6.45, 7) is 6.50.